The van der Waals surface area contributed by atoms with Gasteiger partial charge in [-0.3, -0.25) is 19.2 Å². The van der Waals surface area contributed by atoms with E-state index in [2.05, 4.69) is 16.0 Å². The Hall–Kier alpha value is -4.36. The van der Waals surface area contributed by atoms with Gasteiger partial charge in [0.2, 0.25) is 17.7 Å². The number of nitrogens with one attached hydrogen (secondary N) is 3. The second-order valence-electron chi connectivity index (χ2n) is 21.5. The van der Waals surface area contributed by atoms with Crippen LogP contribution >= 0.6 is 0 Å². The largest absolute Gasteiger partial charge is 0.461 e. The fraction of sp³-hybridized carbons (Fsp3) is 0.755. The topological polar surface area (TPSA) is 173 Å². The van der Waals surface area contributed by atoms with Crippen LogP contribution < -0.4 is 16.0 Å². The van der Waals surface area contributed by atoms with E-state index in [0.717, 1.165) is 63.4 Å². The molecule has 4 saturated carbocycles. The summed E-state index contributed by atoms with van der Waals surface area (Å²) < 4.78 is 16.7. The highest BCUT2D eigenvalue weighted by atomic mass is 16.6. The van der Waals surface area contributed by atoms with Gasteiger partial charge in [-0.15, -0.1) is 0 Å². The molecule has 2 heterocycles. The van der Waals surface area contributed by atoms with Crippen molar-refractivity contribution in [3.8, 4) is 0 Å². The summed E-state index contributed by atoms with van der Waals surface area (Å²) in [5.41, 5.74) is -0.622. The molecule has 4 aliphatic carbocycles. The van der Waals surface area contributed by atoms with Crippen LogP contribution in [0.25, 0.3) is 0 Å². The molecular weight excluding hydrogens is 803 g/mol. The Kier molecular flexibility index (Phi) is 16.1. The monoisotopic (exact) mass is 878 g/mol. The Bertz CT molecular complexity index is 1650. The lowest BCUT2D eigenvalue weighted by Gasteiger charge is -2.57. The minimum absolute atomic E-state index is 0.0556. The Morgan fingerprint density at radius 2 is 1.17 bits per heavy atom. The van der Waals surface area contributed by atoms with E-state index in [9.17, 15) is 28.8 Å². The van der Waals surface area contributed by atoms with Gasteiger partial charge in [0.25, 0.3) is 0 Å². The van der Waals surface area contributed by atoms with Gasteiger partial charge in [0.1, 0.15) is 23.9 Å². The molecule has 6 aliphatic rings. The number of carbonyl (C=O) groups is 6. The molecule has 1 aromatic carbocycles. The summed E-state index contributed by atoms with van der Waals surface area (Å²) in [5, 5.41) is 8.99. The van der Waals surface area contributed by atoms with Gasteiger partial charge in [0.15, 0.2) is 0 Å². The molecule has 0 radical (unpaired) electrons. The highest BCUT2D eigenvalue weighted by Crippen LogP contribution is 2.55. The molecule has 1 aromatic rings. The first kappa shape index (κ1) is 48.1. The summed E-state index contributed by atoms with van der Waals surface area (Å²) in [6.45, 7) is 13.3. The van der Waals surface area contributed by atoms with Gasteiger partial charge >= 0.3 is 18.2 Å². The van der Waals surface area contributed by atoms with Crippen molar-refractivity contribution in [2.24, 2.45) is 35.5 Å². The van der Waals surface area contributed by atoms with Gasteiger partial charge < -0.3 is 40.0 Å². The van der Waals surface area contributed by atoms with E-state index in [4.69, 9.17) is 14.2 Å². The number of carbonyl (C=O) groups excluding carboxylic acids is 6. The summed E-state index contributed by atoms with van der Waals surface area (Å²) in [7, 11) is 0. The van der Waals surface area contributed by atoms with Crippen LogP contribution in [0.15, 0.2) is 30.3 Å². The van der Waals surface area contributed by atoms with Crippen molar-refractivity contribution < 1.29 is 43.0 Å². The number of hydrogen-bond donors (Lipinski definition) is 3. The van der Waals surface area contributed by atoms with Crippen LogP contribution in [0.3, 0.4) is 0 Å². The summed E-state index contributed by atoms with van der Waals surface area (Å²) >= 11 is 0. The molecule has 1 atom stereocenters. The lowest BCUT2D eigenvalue weighted by atomic mass is 9.53. The molecule has 0 spiro atoms. The fourth-order valence-electron chi connectivity index (χ4n) is 11.1. The first-order valence-corrected chi connectivity index (χ1v) is 23.8. The molecule has 7 rings (SSSR count). The van der Waals surface area contributed by atoms with E-state index in [1.807, 2.05) is 71.9 Å². The predicted molar refractivity (Wildman–Crippen MR) is 238 cm³/mol. The molecule has 2 saturated heterocycles. The first-order chi connectivity index (χ1) is 29.8. The standard InChI is InChI=1S/C49H75N5O9/c1-47(2,3)62-45(59)53-20-16-33(17-21-53)12-14-39(15-13-34-18-22-54(23-19-34)46(60)63-48(4,5)6)43(57)50-31-41(55)51-40(27-42(56)61-32-35-10-8-7-9-11-35)44(58)52-49-28-36-24-37(29-49)26-38(25-36)30-49/h7-11,33-34,36-40H,12-32H2,1-6H3,(H,50,57)(H,51,55)(H,52,58)/t36?,37?,38?,40-,49?/m0/s1. The average Bonchev–Trinajstić information content (AvgIpc) is 3.20. The predicted octanol–water partition coefficient (Wildman–Crippen LogP) is 7.28. The zero-order valence-electron chi connectivity index (χ0n) is 38.8. The number of piperidine rings is 2. The molecule has 63 heavy (non-hydrogen) atoms. The van der Waals surface area contributed by atoms with Gasteiger partial charge in [0, 0.05) is 37.6 Å². The van der Waals surface area contributed by atoms with E-state index in [-0.39, 0.29) is 55.0 Å². The average molecular weight is 878 g/mol. The van der Waals surface area contributed by atoms with Crippen LogP contribution in [0, 0.1) is 35.5 Å². The molecule has 0 aromatic heterocycles. The smallest absolute Gasteiger partial charge is 0.410 e. The Morgan fingerprint density at radius 1 is 0.698 bits per heavy atom. The maximum Gasteiger partial charge on any atom is 0.410 e. The van der Waals surface area contributed by atoms with Crippen molar-refractivity contribution in [3.63, 3.8) is 0 Å². The number of benzene rings is 1. The number of esters is 1. The van der Waals surface area contributed by atoms with E-state index in [1.54, 1.807) is 9.80 Å². The van der Waals surface area contributed by atoms with Gasteiger partial charge in [-0.25, -0.2) is 9.59 Å². The van der Waals surface area contributed by atoms with Crippen LogP contribution in [-0.4, -0.2) is 101 Å². The Labute approximate surface area is 375 Å². The van der Waals surface area contributed by atoms with Crippen LogP contribution in [-0.2, 0) is 40.0 Å². The minimum Gasteiger partial charge on any atom is -0.461 e. The third kappa shape index (κ3) is 14.8. The maximum atomic E-state index is 14.0. The molecule has 4 bridgehead atoms. The minimum atomic E-state index is -1.15. The SMILES string of the molecule is CC(C)(C)OC(=O)N1CCC(CCC(CCC2CCN(C(=O)OC(C)(C)C)CC2)C(=O)NCC(=O)N[C@@H](CC(=O)OCc2ccccc2)C(=O)NC23CC4CC(CC(C4)C2)C3)CC1. The van der Waals surface area contributed by atoms with Crippen molar-refractivity contribution >= 4 is 35.9 Å². The molecule has 2 aliphatic heterocycles. The maximum absolute atomic E-state index is 14.0. The molecule has 350 valence electrons. The zero-order chi connectivity index (χ0) is 45.4. The third-order valence-electron chi connectivity index (χ3n) is 13.9. The van der Waals surface area contributed by atoms with E-state index in [0.29, 0.717) is 68.6 Å². The second-order valence-corrected chi connectivity index (χ2v) is 21.5. The third-order valence-corrected chi connectivity index (χ3v) is 13.9. The van der Waals surface area contributed by atoms with Crippen molar-refractivity contribution in [2.75, 3.05) is 32.7 Å². The molecular formula is C49H75N5O9. The van der Waals surface area contributed by atoms with Gasteiger partial charge in [-0.1, -0.05) is 30.3 Å². The molecule has 14 nitrogen and oxygen atoms in total. The number of hydrogen-bond acceptors (Lipinski definition) is 9. The van der Waals surface area contributed by atoms with Crippen LogP contribution in [0.1, 0.15) is 143 Å². The van der Waals surface area contributed by atoms with Gasteiger partial charge in [-0.2, -0.15) is 0 Å². The van der Waals surface area contributed by atoms with Crippen molar-refractivity contribution in [2.45, 2.75) is 167 Å². The van der Waals surface area contributed by atoms with E-state index >= 15 is 0 Å². The number of likely N-dealkylation sites (tertiary alicyclic amines) is 2. The van der Waals surface area contributed by atoms with Crippen molar-refractivity contribution in [1.29, 1.82) is 0 Å². The lowest BCUT2D eigenvalue weighted by Crippen LogP contribution is -2.63. The van der Waals surface area contributed by atoms with Crippen LogP contribution in [0.2, 0.25) is 0 Å². The van der Waals surface area contributed by atoms with Crippen molar-refractivity contribution in [1.82, 2.24) is 25.8 Å². The normalized spacial score (nSPS) is 24.4. The molecule has 6 fully saturated rings. The highest BCUT2D eigenvalue weighted by Gasteiger charge is 2.52. The number of nitrogens with zero attached hydrogens (tertiary/aromatic N) is 2. The first-order valence-electron chi connectivity index (χ1n) is 23.8. The van der Waals surface area contributed by atoms with Crippen LogP contribution in [0.5, 0.6) is 0 Å². The molecule has 0 unspecified atom stereocenters. The fourth-order valence-corrected chi connectivity index (χ4v) is 11.1. The van der Waals surface area contributed by atoms with E-state index in [1.165, 1.54) is 19.3 Å². The van der Waals surface area contributed by atoms with Crippen LogP contribution in [0.4, 0.5) is 9.59 Å². The Balaban J connectivity index is 1.05. The summed E-state index contributed by atoms with van der Waals surface area (Å²) in [4.78, 5) is 83.7. The van der Waals surface area contributed by atoms with Gasteiger partial charge in [0.05, 0.1) is 13.0 Å². The summed E-state index contributed by atoms with van der Waals surface area (Å²) in [6.07, 6.45) is 11.6. The second kappa shape index (κ2) is 21.1. The Morgan fingerprint density at radius 3 is 1.63 bits per heavy atom. The zero-order valence-corrected chi connectivity index (χ0v) is 38.8. The lowest BCUT2D eigenvalue weighted by molar-refractivity contribution is -0.148. The molecule has 3 N–H and O–H groups in total. The highest BCUT2D eigenvalue weighted by molar-refractivity contribution is 5.93. The summed E-state index contributed by atoms with van der Waals surface area (Å²) in [5.74, 6) is 0.365. The van der Waals surface area contributed by atoms with E-state index < -0.39 is 29.1 Å². The number of ether oxygens (including phenoxy) is 3. The van der Waals surface area contributed by atoms with Gasteiger partial charge in [-0.05, 0) is 167 Å². The number of rotatable bonds is 16. The molecule has 5 amide bonds. The number of amides is 5. The summed E-state index contributed by atoms with van der Waals surface area (Å²) in [6, 6.07) is 8.15. The molecule has 14 heteroatoms. The quantitative estimate of drug-likeness (QED) is 0.114. The van der Waals surface area contributed by atoms with Crippen molar-refractivity contribution in [3.05, 3.63) is 35.9 Å².